The van der Waals surface area contributed by atoms with Crippen LogP contribution in [0.25, 0.3) is 0 Å². The molecule has 0 radical (unpaired) electrons. The Morgan fingerprint density at radius 1 is 0.720 bits per heavy atom. The second-order valence-electron chi connectivity index (χ2n) is 10.9. The highest BCUT2D eigenvalue weighted by Gasteiger charge is 2.51. The molecule has 1 saturated carbocycles. The summed E-state index contributed by atoms with van der Waals surface area (Å²) in [6, 6.07) is 0. The molecule has 2 rings (SSSR count). The summed E-state index contributed by atoms with van der Waals surface area (Å²) in [5.74, 6) is 0. The van der Waals surface area contributed by atoms with Crippen molar-refractivity contribution in [1.29, 1.82) is 0 Å². The fraction of sp³-hybridized carbons (Fsp3) is 1.00. The Bertz CT molecular complexity index is 366. The van der Waals surface area contributed by atoms with Crippen LogP contribution < -0.4 is 0 Å². The summed E-state index contributed by atoms with van der Waals surface area (Å²) in [7, 11) is 0. The molecule has 1 heterocycles. The lowest BCUT2D eigenvalue weighted by Gasteiger charge is -2.50. The summed E-state index contributed by atoms with van der Waals surface area (Å²) in [5, 5.41) is 0. The van der Waals surface area contributed by atoms with Gasteiger partial charge in [-0.1, -0.05) is 92.4 Å². The molecule has 25 heavy (non-hydrogen) atoms. The fourth-order valence-corrected chi connectivity index (χ4v) is 6.27. The third kappa shape index (κ3) is 7.24. The molecule has 0 aromatic heterocycles. The number of rotatable bonds is 10. The minimum absolute atomic E-state index is 0.204. The van der Waals surface area contributed by atoms with Crippen molar-refractivity contribution in [1.82, 2.24) is 0 Å². The zero-order valence-corrected chi connectivity index (χ0v) is 18.1. The van der Waals surface area contributed by atoms with Gasteiger partial charge in [-0.25, -0.2) is 0 Å². The van der Waals surface area contributed by atoms with Gasteiger partial charge in [0, 0.05) is 0 Å². The van der Waals surface area contributed by atoms with E-state index in [9.17, 15) is 0 Å². The number of unbranched alkanes of at least 4 members (excludes halogenated alkanes) is 8. The SMILES string of the molecule is CCCCCCCCCCCC1CCC2(CC(C)(C)CC(C)(C)C2)O1. The molecule has 2 fully saturated rings. The van der Waals surface area contributed by atoms with E-state index >= 15 is 0 Å². The molecule has 1 aliphatic carbocycles. The summed E-state index contributed by atoms with van der Waals surface area (Å²) in [6.45, 7) is 12.1. The average molecular weight is 351 g/mol. The van der Waals surface area contributed by atoms with Crippen LogP contribution in [-0.4, -0.2) is 11.7 Å². The van der Waals surface area contributed by atoms with E-state index in [4.69, 9.17) is 4.74 Å². The fourth-order valence-electron chi connectivity index (χ4n) is 6.27. The first-order valence-electron chi connectivity index (χ1n) is 11.4. The largest absolute Gasteiger partial charge is 0.372 e. The van der Waals surface area contributed by atoms with E-state index < -0.39 is 0 Å². The molecule has 1 nitrogen and oxygen atoms in total. The predicted molar refractivity (Wildman–Crippen MR) is 110 cm³/mol. The zero-order chi connectivity index (χ0) is 18.4. The van der Waals surface area contributed by atoms with E-state index in [1.807, 2.05) is 0 Å². The summed E-state index contributed by atoms with van der Waals surface area (Å²) in [6.07, 6.45) is 21.2. The van der Waals surface area contributed by atoms with Gasteiger partial charge in [0.25, 0.3) is 0 Å². The van der Waals surface area contributed by atoms with Crippen molar-refractivity contribution in [2.45, 2.75) is 143 Å². The van der Waals surface area contributed by atoms with Gasteiger partial charge in [-0.2, -0.15) is 0 Å². The second-order valence-corrected chi connectivity index (χ2v) is 10.9. The quantitative estimate of drug-likeness (QED) is 0.362. The summed E-state index contributed by atoms with van der Waals surface area (Å²) in [5.41, 5.74) is 1.08. The number of hydrogen-bond acceptors (Lipinski definition) is 1. The highest BCUT2D eigenvalue weighted by Crippen LogP contribution is 2.55. The van der Waals surface area contributed by atoms with Crippen molar-refractivity contribution < 1.29 is 4.74 Å². The lowest BCUT2D eigenvalue weighted by Crippen LogP contribution is -2.46. The van der Waals surface area contributed by atoms with E-state index in [1.165, 1.54) is 96.3 Å². The molecule has 0 N–H and O–H groups in total. The molecule has 1 heteroatoms. The van der Waals surface area contributed by atoms with Gasteiger partial charge in [-0.3, -0.25) is 0 Å². The van der Waals surface area contributed by atoms with Crippen molar-refractivity contribution in [3.8, 4) is 0 Å². The van der Waals surface area contributed by atoms with Crippen molar-refractivity contribution >= 4 is 0 Å². The molecule has 0 aromatic rings. The van der Waals surface area contributed by atoms with E-state index in [0.717, 1.165) is 0 Å². The first-order valence-corrected chi connectivity index (χ1v) is 11.4. The van der Waals surface area contributed by atoms with Crippen molar-refractivity contribution in [3.63, 3.8) is 0 Å². The monoisotopic (exact) mass is 350 g/mol. The molecule has 1 spiro atoms. The van der Waals surface area contributed by atoms with Gasteiger partial charge < -0.3 is 4.74 Å². The zero-order valence-electron chi connectivity index (χ0n) is 18.1. The lowest BCUT2D eigenvalue weighted by molar-refractivity contribution is -0.124. The van der Waals surface area contributed by atoms with Gasteiger partial charge in [0.2, 0.25) is 0 Å². The summed E-state index contributed by atoms with van der Waals surface area (Å²) in [4.78, 5) is 0. The first-order chi connectivity index (χ1) is 11.8. The van der Waals surface area contributed by atoms with Crippen LogP contribution in [0.15, 0.2) is 0 Å². The van der Waals surface area contributed by atoms with E-state index in [-0.39, 0.29) is 5.60 Å². The van der Waals surface area contributed by atoms with Gasteiger partial charge in [0.15, 0.2) is 0 Å². The van der Waals surface area contributed by atoms with Gasteiger partial charge in [0.05, 0.1) is 11.7 Å². The third-order valence-corrected chi connectivity index (χ3v) is 6.53. The summed E-state index contributed by atoms with van der Waals surface area (Å²) >= 11 is 0. The van der Waals surface area contributed by atoms with Crippen molar-refractivity contribution in [3.05, 3.63) is 0 Å². The van der Waals surface area contributed by atoms with Crippen LogP contribution in [0.5, 0.6) is 0 Å². The minimum Gasteiger partial charge on any atom is -0.372 e. The Kier molecular flexibility index (Phi) is 7.86. The molecular formula is C24H46O. The van der Waals surface area contributed by atoms with Crippen molar-refractivity contribution in [2.24, 2.45) is 10.8 Å². The maximum atomic E-state index is 6.73. The smallest absolute Gasteiger partial charge is 0.0697 e. The van der Waals surface area contributed by atoms with E-state index in [0.29, 0.717) is 16.9 Å². The Balaban J connectivity index is 1.61. The molecule has 1 atom stereocenters. The van der Waals surface area contributed by atoms with Crippen LogP contribution in [0.4, 0.5) is 0 Å². The first kappa shape index (κ1) is 21.3. The van der Waals surface area contributed by atoms with Gasteiger partial charge >= 0.3 is 0 Å². The predicted octanol–water partition coefficient (Wildman–Crippen LogP) is 8.06. The highest BCUT2D eigenvalue weighted by molar-refractivity contribution is 5.02. The van der Waals surface area contributed by atoms with Gasteiger partial charge in [0.1, 0.15) is 0 Å². The molecular weight excluding hydrogens is 304 g/mol. The Labute approximate surface area is 158 Å². The molecule has 1 unspecified atom stereocenters. The molecule has 0 aromatic carbocycles. The normalized spacial score (nSPS) is 27.0. The van der Waals surface area contributed by atoms with Crippen LogP contribution in [-0.2, 0) is 4.74 Å². The van der Waals surface area contributed by atoms with E-state index in [1.54, 1.807) is 0 Å². The third-order valence-electron chi connectivity index (χ3n) is 6.53. The lowest BCUT2D eigenvalue weighted by atomic mass is 9.59. The molecule has 2 aliphatic rings. The number of ether oxygens (including phenoxy) is 1. The molecule has 1 saturated heterocycles. The van der Waals surface area contributed by atoms with Crippen LogP contribution in [0.1, 0.15) is 131 Å². The standard InChI is InChI=1S/C24H46O/c1-6-7-8-9-10-11-12-13-14-15-21-16-17-24(25-21)19-22(2,3)18-23(4,5)20-24/h21H,6-20H2,1-5H3. The van der Waals surface area contributed by atoms with Crippen molar-refractivity contribution in [2.75, 3.05) is 0 Å². The van der Waals surface area contributed by atoms with Crippen LogP contribution in [0.3, 0.4) is 0 Å². The maximum Gasteiger partial charge on any atom is 0.0697 e. The topological polar surface area (TPSA) is 9.23 Å². The minimum atomic E-state index is 0.204. The Hall–Kier alpha value is -0.0400. The van der Waals surface area contributed by atoms with Gasteiger partial charge in [-0.15, -0.1) is 0 Å². The molecule has 0 amide bonds. The van der Waals surface area contributed by atoms with Gasteiger partial charge in [-0.05, 0) is 49.4 Å². The number of hydrogen-bond donors (Lipinski definition) is 0. The Morgan fingerprint density at radius 2 is 1.24 bits per heavy atom. The maximum absolute atomic E-state index is 6.73. The van der Waals surface area contributed by atoms with Crippen LogP contribution in [0, 0.1) is 10.8 Å². The molecule has 148 valence electrons. The van der Waals surface area contributed by atoms with Crippen LogP contribution in [0.2, 0.25) is 0 Å². The highest BCUT2D eigenvalue weighted by atomic mass is 16.5. The molecule has 0 bridgehead atoms. The Morgan fingerprint density at radius 3 is 1.80 bits per heavy atom. The summed E-state index contributed by atoms with van der Waals surface area (Å²) < 4.78 is 6.73. The van der Waals surface area contributed by atoms with E-state index in [2.05, 4.69) is 34.6 Å². The molecule has 1 aliphatic heterocycles. The van der Waals surface area contributed by atoms with Crippen LogP contribution >= 0.6 is 0 Å². The average Bonchev–Trinajstić information content (AvgIpc) is 2.83. The second kappa shape index (κ2) is 9.25.